The van der Waals surface area contributed by atoms with Gasteiger partial charge in [-0.2, -0.15) is 0 Å². The number of unbranched alkanes of at least 4 members (excludes halogenated alkanes) is 3. The van der Waals surface area contributed by atoms with Crippen molar-refractivity contribution in [2.24, 2.45) is 0 Å². The Bertz CT molecular complexity index is 306. The molecule has 0 saturated heterocycles. The summed E-state index contributed by atoms with van der Waals surface area (Å²) in [6, 6.07) is 0. The van der Waals surface area contributed by atoms with Crippen molar-refractivity contribution in [2.45, 2.75) is 89.4 Å². The molecule has 2 unspecified atom stereocenters. The van der Waals surface area contributed by atoms with Crippen LogP contribution in [0.4, 0.5) is 0 Å². The predicted octanol–water partition coefficient (Wildman–Crippen LogP) is 0.206. The van der Waals surface area contributed by atoms with Crippen molar-refractivity contribution in [3.8, 4) is 0 Å². The van der Waals surface area contributed by atoms with Crippen LogP contribution >= 0.6 is 0 Å². The summed E-state index contributed by atoms with van der Waals surface area (Å²) in [5.74, 6) is 0. The SMILES string of the molecule is CCCCC(O)CCCCC(CCCC)S(=O)(=O)[O-].[Na+]. The predicted molar refractivity (Wildman–Crippen MR) is 77.0 cm³/mol. The molecular weight excluding hydrogens is 287 g/mol. The Morgan fingerprint density at radius 1 is 0.900 bits per heavy atom. The molecule has 0 aliphatic heterocycles. The van der Waals surface area contributed by atoms with Crippen molar-refractivity contribution < 1.29 is 47.6 Å². The normalized spacial score (nSPS) is 14.6. The van der Waals surface area contributed by atoms with Crippen molar-refractivity contribution in [2.75, 3.05) is 0 Å². The smallest absolute Gasteiger partial charge is 0.748 e. The van der Waals surface area contributed by atoms with Crippen LogP contribution in [-0.4, -0.2) is 29.4 Å². The number of hydrogen-bond acceptors (Lipinski definition) is 4. The van der Waals surface area contributed by atoms with Gasteiger partial charge in [0.2, 0.25) is 0 Å². The van der Waals surface area contributed by atoms with E-state index in [1.54, 1.807) is 0 Å². The maximum absolute atomic E-state index is 11.1. The standard InChI is InChI=1S/C14H30O4S.Na/c1-3-5-9-13(15)10-7-8-12-14(11-6-4-2)19(16,17)18;/h13-15H,3-12H2,1-2H3,(H,16,17,18);/q;+1/p-1. The van der Waals surface area contributed by atoms with Crippen LogP contribution in [0.15, 0.2) is 0 Å². The molecule has 0 saturated carbocycles. The minimum Gasteiger partial charge on any atom is -0.748 e. The summed E-state index contributed by atoms with van der Waals surface area (Å²) in [7, 11) is -4.16. The molecule has 0 aromatic carbocycles. The molecule has 0 aromatic heterocycles. The third-order valence-corrected chi connectivity index (χ3v) is 4.78. The van der Waals surface area contributed by atoms with E-state index in [9.17, 15) is 18.1 Å². The number of rotatable bonds is 12. The van der Waals surface area contributed by atoms with Gasteiger partial charge in [-0.3, -0.25) is 0 Å². The molecule has 0 radical (unpaired) electrons. The zero-order valence-corrected chi connectivity index (χ0v) is 16.1. The second kappa shape index (κ2) is 13.5. The van der Waals surface area contributed by atoms with Gasteiger partial charge in [0.05, 0.1) is 16.2 Å². The van der Waals surface area contributed by atoms with E-state index in [0.29, 0.717) is 25.7 Å². The minimum atomic E-state index is -4.16. The zero-order chi connectivity index (χ0) is 14.7. The summed E-state index contributed by atoms with van der Waals surface area (Å²) in [6.45, 7) is 4.07. The van der Waals surface area contributed by atoms with Crippen molar-refractivity contribution in [1.82, 2.24) is 0 Å². The van der Waals surface area contributed by atoms with E-state index < -0.39 is 15.4 Å². The third kappa shape index (κ3) is 12.6. The average molecular weight is 316 g/mol. The second-order valence-corrected chi connectivity index (χ2v) is 6.99. The molecule has 0 fully saturated rings. The molecule has 0 aliphatic carbocycles. The van der Waals surface area contributed by atoms with E-state index in [-0.39, 0.29) is 35.7 Å². The van der Waals surface area contributed by atoms with Crippen molar-refractivity contribution in [3.63, 3.8) is 0 Å². The number of aliphatic hydroxyl groups is 1. The Morgan fingerprint density at radius 3 is 1.80 bits per heavy atom. The molecule has 6 heteroatoms. The first kappa shape index (κ1) is 23.1. The molecule has 0 aromatic rings. The summed E-state index contributed by atoms with van der Waals surface area (Å²) in [5, 5.41) is 8.93. The van der Waals surface area contributed by atoms with Gasteiger partial charge in [-0.25, -0.2) is 8.42 Å². The average Bonchev–Trinajstić information content (AvgIpc) is 2.33. The molecule has 0 rings (SSSR count). The topological polar surface area (TPSA) is 77.4 Å². The van der Waals surface area contributed by atoms with Gasteiger partial charge in [-0.05, 0) is 25.7 Å². The van der Waals surface area contributed by atoms with Gasteiger partial charge >= 0.3 is 29.6 Å². The van der Waals surface area contributed by atoms with Crippen molar-refractivity contribution in [3.05, 3.63) is 0 Å². The molecule has 0 spiro atoms. The van der Waals surface area contributed by atoms with E-state index in [2.05, 4.69) is 6.92 Å². The number of hydrogen-bond donors (Lipinski definition) is 1. The Morgan fingerprint density at radius 2 is 1.30 bits per heavy atom. The van der Waals surface area contributed by atoms with Gasteiger partial charge in [-0.15, -0.1) is 0 Å². The van der Waals surface area contributed by atoms with Crippen LogP contribution in [0.3, 0.4) is 0 Å². The van der Waals surface area contributed by atoms with Gasteiger partial charge in [0, 0.05) is 5.25 Å². The first-order valence-electron chi connectivity index (χ1n) is 7.54. The van der Waals surface area contributed by atoms with Crippen LogP contribution in [0.1, 0.15) is 78.1 Å². The summed E-state index contributed by atoms with van der Waals surface area (Å²) in [4.78, 5) is 0. The van der Waals surface area contributed by atoms with Crippen LogP contribution in [0.2, 0.25) is 0 Å². The Labute approximate surface area is 146 Å². The molecule has 20 heavy (non-hydrogen) atoms. The molecule has 1 N–H and O–H groups in total. The fourth-order valence-corrected chi connectivity index (χ4v) is 3.11. The largest absolute Gasteiger partial charge is 1.00 e. The summed E-state index contributed by atoms with van der Waals surface area (Å²) in [6.07, 6.45) is 7.44. The first-order valence-corrected chi connectivity index (χ1v) is 9.01. The summed E-state index contributed by atoms with van der Waals surface area (Å²) in [5.41, 5.74) is 0. The van der Waals surface area contributed by atoms with E-state index >= 15 is 0 Å². The maximum atomic E-state index is 11.1. The van der Waals surface area contributed by atoms with Crippen molar-refractivity contribution in [1.29, 1.82) is 0 Å². The van der Waals surface area contributed by atoms with E-state index in [4.69, 9.17) is 0 Å². The van der Waals surface area contributed by atoms with Gasteiger partial charge in [0.15, 0.2) is 0 Å². The quantitative estimate of drug-likeness (QED) is 0.317. The maximum Gasteiger partial charge on any atom is 1.00 e. The minimum absolute atomic E-state index is 0. The van der Waals surface area contributed by atoms with Crippen LogP contribution in [0, 0.1) is 0 Å². The monoisotopic (exact) mass is 316 g/mol. The van der Waals surface area contributed by atoms with Crippen LogP contribution in [-0.2, 0) is 10.1 Å². The third-order valence-electron chi connectivity index (χ3n) is 3.49. The van der Waals surface area contributed by atoms with Gasteiger partial charge in [0.1, 0.15) is 0 Å². The first-order chi connectivity index (χ1) is 8.91. The van der Waals surface area contributed by atoms with Gasteiger partial charge in [-0.1, -0.05) is 52.4 Å². The van der Waals surface area contributed by atoms with E-state index in [1.165, 1.54) is 0 Å². The zero-order valence-electron chi connectivity index (χ0n) is 13.3. The molecule has 116 valence electrons. The molecule has 0 bridgehead atoms. The molecule has 0 heterocycles. The fourth-order valence-electron chi connectivity index (χ4n) is 2.20. The van der Waals surface area contributed by atoms with Crippen LogP contribution < -0.4 is 29.6 Å². The van der Waals surface area contributed by atoms with E-state index in [0.717, 1.165) is 38.5 Å². The van der Waals surface area contributed by atoms with Gasteiger partial charge < -0.3 is 9.66 Å². The van der Waals surface area contributed by atoms with Crippen molar-refractivity contribution >= 4 is 10.1 Å². The fraction of sp³-hybridized carbons (Fsp3) is 1.00. The summed E-state index contributed by atoms with van der Waals surface area (Å²) >= 11 is 0. The summed E-state index contributed by atoms with van der Waals surface area (Å²) < 4.78 is 33.3. The second-order valence-electron chi connectivity index (χ2n) is 5.34. The Balaban J connectivity index is 0. The van der Waals surface area contributed by atoms with Gasteiger partial charge in [0.25, 0.3) is 0 Å². The molecular formula is C14H29NaO4S. The van der Waals surface area contributed by atoms with E-state index in [1.807, 2.05) is 6.92 Å². The van der Waals surface area contributed by atoms with Crippen LogP contribution in [0.25, 0.3) is 0 Å². The Hall–Kier alpha value is 0.870. The Kier molecular flexibility index (Phi) is 15.7. The molecule has 0 aliphatic rings. The number of aliphatic hydroxyl groups excluding tert-OH is 1. The molecule has 2 atom stereocenters. The molecule has 4 nitrogen and oxygen atoms in total. The molecule has 0 amide bonds. The van der Waals surface area contributed by atoms with Crippen LogP contribution in [0.5, 0.6) is 0 Å².